The van der Waals surface area contributed by atoms with Crippen LogP contribution in [0.2, 0.25) is 5.02 Å². The van der Waals surface area contributed by atoms with E-state index in [0.29, 0.717) is 24.8 Å². The van der Waals surface area contributed by atoms with E-state index in [0.717, 1.165) is 18.4 Å². The standard InChI is InChI=1S/C20H23ClN2O2.ClH/c21-17-8-6-16(7-9-17)20(10-12-25-13-11-20)14-23-19(24)18(22)15-4-2-1-3-5-15;/h1-9,18H,10-14,22H2,(H,23,24);1H. The monoisotopic (exact) mass is 394 g/mol. The first kappa shape index (κ1) is 20.7. The molecule has 0 spiro atoms. The molecule has 2 aromatic rings. The Balaban J connectivity index is 0.00000243. The van der Waals surface area contributed by atoms with Crippen LogP contribution in [0.3, 0.4) is 0 Å². The number of ether oxygens (including phenoxy) is 1. The van der Waals surface area contributed by atoms with E-state index >= 15 is 0 Å². The van der Waals surface area contributed by atoms with Gasteiger partial charge in [-0.15, -0.1) is 12.4 Å². The first-order valence-electron chi connectivity index (χ1n) is 8.53. The molecule has 1 aliphatic heterocycles. The molecule has 0 saturated carbocycles. The average Bonchev–Trinajstić information content (AvgIpc) is 2.67. The van der Waals surface area contributed by atoms with Gasteiger partial charge in [-0.2, -0.15) is 0 Å². The van der Waals surface area contributed by atoms with Crippen LogP contribution in [0, 0.1) is 0 Å². The SMILES string of the molecule is Cl.NC(C(=O)NCC1(c2ccc(Cl)cc2)CCOCC1)c1ccccc1. The molecule has 1 heterocycles. The predicted octanol–water partition coefficient (Wildman–Crippen LogP) is 3.63. The quantitative estimate of drug-likeness (QED) is 0.813. The Kier molecular flexibility index (Phi) is 7.47. The number of hydrogen-bond acceptors (Lipinski definition) is 3. The van der Waals surface area contributed by atoms with Gasteiger partial charge in [-0.25, -0.2) is 0 Å². The van der Waals surface area contributed by atoms with Crippen LogP contribution in [-0.4, -0.2) is 25.7 Å². The first-order chi connectivity index (χ1) is 12.1. The number of hydrogen-bond donors (Lipinski definition) is 2. The molecule has 0 aromatic heterocycles. The molecule has 1 amide bonds. The highest BCUT2D eigenvalue weighted by atomic mass is 35.5. The van der Waals surface area contributed by atoms with Gasteiger partial charge in [-0.05, 0) is 36.1 Å². The van der Waals surface area contributed by atoms with Crippen LogP contribution >= 0.6 is 24.0 Å². The molecule has 1 saturated heterocycles. The van der Waals surface area contributed by atoms with Crippen molar-refractivity contribution in [3.63, 3.8) is 0 Å². The summed E-state index contributed by atoms with van der Waals surface area (Å²) in [5.74, 6) is -0.161. The lowest BCUT2D eigenvalue weighted by molar-refractivity contribution is -0.123. The largest absolute Gasteiger partial charge is 0.381 e. The van der Waals surface area contributed by atoms with E-state index in [1.54, 1.807) is 0 Å². The highest BCUT2D eigenvalue weighted by Crippen LogP contribution is 2.35. The molecule has 2 aromatic carbocycles. The van der Waals surface area contributed by atoms with Crippen LogP contribution in [-0.2, 0) is 14.9 Å². The minimum Gasteiger partial charge on any atom is -0.381 e. The Labute approximate surface area is 165 Å². The predicted molar refractivity (Wildman–Crippen MR) is 107 cm³/mol. The van der Waals surface area contributed by atoms with Crippen LogP contribution in [0.25, 0.3) is 0 Å². The van der Waals surface area contributed by atoms with E-state index in [9.17, 15) is 4.79 Å². The van der Waals surface area contributed by atoms with Crippen molar-refractivity contribution in [2.24, 2.45) is 5.73 Å². The number of amides is 1. The molecular formula is C20H24Cl2N2O2. The normalized spacial score (nSPS) is 17.0. The Morgan fingerprint density at radius 1 is 1.12 bits per heavy atom. The summed E-state index contributed by atoms with van der Waals surface area (Å²) in [6.45, 7) is 1.91. The van der Waals surface area contributed by atoms with E-state index in [1.807, 2.05) is 54.6 Å². The summed E-state index contributed by atoms with van der Waals surface area (Å²) < 4.78 is 5.53. The number of carbonyl (C=O) groups is 1. The van der Waals surface area contributed by atoms with Crippen LogP contribution in [0.5, 0.6) is 0 Å². The van der Waals surface area contributed by atoms with Crippen LogP contribution < -0.4 is 11.1 Å². The molecule has 6 heteroatoms. The molecule has 3 rings (SSSR count). The van der Waals surface area contributed by atoms with E-state index < -0.39 is 6.04 Å². The van der Waals surface area contributed by atoms with E-state index in [2.05, 4.69) is 5.32 Å². The maximum Gasteiger partial charge on any atom is 0.241 e. The summed E-state index contributed by atoms with van der Waals surface area (Å²) >= 11 is 6.02. The van der Waals surface area contributed by atoms with Crippen molar-refractivity contribution in [3.05, 3.63) is 70.7 Å². The molecule has 26 heavy (non-hydrogen) atoms. The number of carbonyl (C=O) groups excluding carboxylic acids is 1. The van der Waals surface area contributed by atoms with Crippen LogP contribution in [0.15, 0.2) is 54.6 Å². The molecule has 0 aliphatic carbocycles. The fourth-order valence-corrected chi connectivity index (χ4v) is 3.44. The second-order valence-corrected chi connectivity index (χ2v) is 6.94. The topological polar surface area (TPSA) is 64.4 Å². The summed E-state index contributed by atoms with van der Waals surface area (Å²) in [4.78, 5) is 12.5. The smallest absolute Gasteiger partial charge is 0.241 e. The molecule has 140 valence electrons. The van der Waals surface area contributed by atoms with Gasteiger partial charge in [0.25, 0.3) is 0 Å². The van der Waals surface area contributed by atoms with E-state index in [-0.39, 0.29) is 23.7 Å². The van der Waals surface area contributed by atoms with Crippen molar-refractivity contribution in [2.45, 2.75) is 24.3 Å². The molecule has 3 N–H and O–H groups in total. The third-order valence-corrected chi connectivity index (χ3v) is 5.20. The maximum atomic E-state index is 12.5. The maximum absolute atomic E-state index is 12.5. The van der Waals surface area contributed by atoms with Crippen molar-refractivity contribution in [1.29, 1.82) is 0 Å². The second kappa shape index (κ2) is 9.38. The van der Waals surface area contributed by atoms with Gasteiger partial charge < -0.3 is 15.8 Å². The van der Waals surface area contributed by atoms with Crippen molar-refractivity contribution in [1.82, 2.24) is 5.32 Å². The van der Waals surface area contributed by atoms with Crippen molar-refractivity contribution < 1.29 is 9.53 Å². The lowest BCUT2D eigenvalue weighted by Gasteiger charge is -2.38. The molecule has 1 unspecified atom stereocenters. The summed E-state index contributed by atoms with van der Waals surface area (Å²) in [6, 6.07) is 16.6. The van der Waals surface area contributed by atoms with Gasteiger partial charge in [-0.1, -0.05) is 54.1 Å². The van der Waals surface area contributed by atoms with Gasteiger partial charge in [0, 0.05) is 30.2 Å². The van der Waals surface area contributed by atoms with Crippen molar-refractivity contribution >= 4 is 29.9 Å². The van der Waals surface area contributed by atoms with Crippen molar-refractivity contribution in [3.8, 4) is 0 Å². The number of benzene rings is 2. The molecule has 4 nitrogen and oxygen atoms in total. The summed E-state index contributed by atoms with van der Waals surface area (Å²) in [5, 5.41) is 3.76. The average molecular weight is 395 g/mol. The van der Waals surface area contributed by atoms with Crippen molar-refractivity contribution in [2.75, 3.05) is 19.8 Å². The van der Waals surface area contributed by atoms with Gasteiger partial charge in [-0.3, -0.25) is 4.79 Å². The zero-order valence-electron chi connectivity index (χ0n) is 14.5. The van der Waals surface area contributed by atoms with Gasteiger partial charge in [0.05, 0.1) is 0 Å². The Bertz CT molecular complexity index is 702. The summed E-state index contributed by atoms with van der Waals surface area (Å²) in [6.07, 6.45) is 1.71. The van der Waals surface area contributed by atoms with Crippen LogP contribution in [0.1, 0.15) is 30.0 Å². The number of halogens is 2. The lowest BCUT2D eigenvalue weighted by Crippen LogP contribution is -2.46. The van der Waals surface area contributed by atoms with E-state index in [4.69, 9.17) is 22.1 Å². The van der Waals surface area contributed by atoms with Gasteiger partial charge in [0.15, 0.2) is 0 Å². The number of rotatable bonds is 5. The Morgan fingerprint density at radius 3 is 2.35 bits per heavy atom. The third kappa shape index (κ3) is 4.77. The van der Waals surface area contributed by atoms with Gasteiger partial charge >= 0.3 is 0 Å². The van der Waals surface area contributed by atoms with Crippen LogP contribution in [0.4, 0.5) is 0 Å². The fourth-order valence-electron chi connectivity index (χ4n) is 3.31. The Hall–Kier alpha value is -1.59. The highest BCUT2D eigenvalue weighted by molar-refractivity contribution is 6.30. The third-order valence-electron chi connectivity index (χ3n) is 4.95. The number of nitrogens with two attached hydrogens (primary N) is 1. The van der Waals surface area contributed by atoms with Gasteiger partial charge in [0.1, 0.15) is 6.04 Å². The molecular weight excluding hydrogens is 371 g/mol. The summed E-state index contributed by atoms with van der Waals surface area (Å²) in [5.41, 5.74) is 7.95. The molecule has 1 aliphatic rings. The summed E-state index contributed by atoms with van der Waals surface area (Å²) in [7, 11) is 0. The zero-order valence-corrected chi connectivity index (χ0v) is 16.1. The van der Waals surface area contributed by atoms with E-state index in [1.165, 1.54) is 5.56 Å². The minimum atomic E-state index is -0.664. The lowest BCUT2D eigenvalue weighted by atomic mass is 9.74. The zero-order chi connectivity index (χ0) is 17.7. The second-order valence-electron chi connectivity index (χ2n) is 6.51. The molecule has 1 fully saturated rings. The highest BCUT2D eigenvalue weighted by Gasteiger charge is 2.35. The Morgan fingerprint density at radius 2 is 1.73 bits per heavy atom. The first-order valence-corrected chi connectivity index (χ1v) is 8.91. The molecule has 0 radical (unpaired) electrons. The minimum absolute atomic E-state index is 0. The fraction of sp³-hybridized carbons (Fsp3) is 0.350. The number of nitrogens with one attached hydrogen (secondary N) is 1. The van der Waals surface area contributed by atoms with Gasteiger partial charge in [0.2, 0.25) is 5.91 Å². The molecule has 1 atom stereocenters. The molecule has 0 bridgehead atoms.